The summed E-state index contributed by atoms with van der Waals surface area (Å²) in [5, 5.41) is 3.31. The van der Waals surface area contributed by atoms with Crippen LogP contribution in [0.4, 0.5) is 5.82 Å². The predicted octanol–water partition coefficient (Wildman–Crippen LogP) is 2.69. The van der Waals surface area contributed by atoms with Crippen LogP contribution >= 0.6 is 0 Å². The maximum absolute atomic E-state index is 5.46. The Labute approximate surface area is 85.5 Å². The fourth-order valence-electron chi connectivity index (χ4n) is 1.11. The minimum atomic E-state index is 0.420. The Morgan fingerprint density at radius 1 is 1.50 bits per heavy atom. The number of rotatable bonds is 5. The Morgan fingerprint density at radius 3 is 2.93 bits per heavy atom. The van der Waals surface area contributed by atoms with Crippen molar-refractivity contribution < 1.29 is 4.74 Å². The highest BCUT2D eigenvalue weighted by molar-refractivity contribution is 5.49. The average Bonchev–Trinajstić information content (AvgIpc) is 2.21. The monoisotopic (exact) mass is 194 g/mol. The molecular formula is C11H18N2O. The van der Waals surface area contributed by atoms with Gasteiger partial charge in [-0.1, -0.05) is 6.92 Å². The zero-order valence-electron chi connectivity index (χ0n) is 9.08. The van der Waals surface area contributed by atoms with E-state index in [2.05, 4.69) is 24.1 Å². The van der Waals surface area contributed by atoms with Crippen molar-refractivity contribution in [2.45, 2.75) is 33.2 Å². The van der Waals surface area contributed by atoms with Gasteiger partial charge in [0.15, 0.2) is 11.6 Å². The van der Waals surface area contributed by atoms with Gasteiger partial charge in [-0.2, -0.15) is 0 Å². The summed E-state index contributed by atoms with van der Waals surface area (Å²) in [4.78, 5) is 4.25. The van der Waals surface area contributed by atoms with Gasteiger partial charge < -0.3 is 10.1 Å². The summed E-state index contributed by atoms with van der Waals surface area (Å²) in [6, 6.07) is 4.23. The van der Waals surface area contributed by atoms with Crippen molar-refractivity contribution in [3.05, 3.63) is 18.3 Å². The third-order valence-corrected chi connectivity index (χ3v) is 2.07. The SMILES string of the molecule is CCOc1cccnc1NC(C)CC. The number of hydrogen-bond acceptors (Lipinski definition) is 3. The first kappa shape index (κ1) is 10.8. The van der Waals surface area contributed by atoms with Crippen molar-refractivity contribution >= 4 is 5.82 Å². The van der Waals surface area contributed by atoms with Crippen molar-refractivity contribution in [2.24, 2.45) is 0 Å². The fraction of sp³-hybridized carbons (Fsp3) is 0.545. The highest BCUT2D eigenvalue weighted by atomic mass is 16.5. The molecule has 1 N–H and O–H groups in total. The molecule has 0 aromatic carbocycles. The molecule has 0 amide bonds. The van der Waals surface area contributed by atoms with Gasteiger partial charge in [-0.05, 0) is 32.4 Å². The molecule has 14 heavy (non-hydrogen) atoms. The molecule has 1 atom stereocenters. The molecule has 1 heterocycles. The van der Waals surface area contributed by atoms with Crippen molar-refractivity contribution in [3.63, 3.8) is 0 Å². The lowest BCUT2D eigenvalue weighted by Crippen LogP contribution is -2.15. The van der Waals surface area contributed by atoms with Gasteiger partial charge in [0.1, 0.15) is 0 Å². The molecule has 0 saturated heterocycles. The van der Waals surface area contributed by atoms with E-state index in [1.807, 2.05) is 19.1 Å². The van der Waals surface area contributed by atoms with Crippen LogP contribution in [0, 0.1) is 0 Å². The highest BCUT2D eigenvalue weighted by Gasteiger charge is 2.05. The molecule has 78 valence electrons. The van der Waals surface area contributed by atoms with Gasteiger partial charge in [-0.25, -0.2) is 4.98 Å². The van der Waals surface area contributed by atoms with Crippen LogP contribution in [0.2, 0.25) is 0 Å². The Kier molecular flexibility index (Phi) is 4.23. The third kappa shape index (κ3) is 2.91. The minimum Gasteiger partial charge on any atom is -0.490 e. The van der Waals surface area contributed by atoms with E-state index in [1.165, 1.54) is 0 Å². The van der Waals surface area contributed by atoms with Crippen LogP contribution in [0.25, 0.3) is 0 Å². The summed E-state index contributed by atoms with van der Waals surface area (Å²) in [6.45, 7) is 6.91. The van der Waals surface area contributed by atoms with E-state index in [9.17, 15) is 0 Å². The van der Waals surface area contributed by atoms with E-state index in [0.29, 0.717) is 12.6 Å². The zero-order chi connectivity index (χ0) is 10.4. The molecule has 0 spiro atoms. The molecular weight excluding hydrogens is 176 g/mol. The summed E-state index contributed by atoms with van der Waals surface area (Å²) in [6.07, 6.45) is 2.84. The molecule has 0 fully saturated rings. The number of aromatic nitrogens is 1. The van der Waals surface area contributed by atoms with Crippen LogP contribution in [-0.4, -0.2) is 17.6 Å². The van der Waals surface area contributed by atoms with Crippen molar-refractivity contribution in [2.75, 3.05) is 11.9 Å². The average molecular weight is 194 g/mol. The summed E-state index contributed by atoms with van der Waals surface area (Å²) in [7, 11) is 0. The molecule has 0 aliphatic heterocycles. The molecule has 3 heteroatoms. The lowest BCUT2D eigenvalue weighted by atomic mass is 10.2. The first-order valence-corrected chi connectivity index (χ1v) is 5.12. The van der Waals surface area contributed by atoms with Crippen LogP contribution in [0.3, 0.4) is 0 Å². The van der Waals surface area contributed by atoms with E-state index >= 15 is 0 Å². The van der Waals surface area contributed by atoms with Crippen LogP contribution in [-0.2, 0) is 0 Å². The van der Waals surface area contributed by atoms with Gasteiger partial charge in [0.25, 0.3) is 0 Å². The molecule has 0 radical (unpaired) electrons. The van der Waals surface area contributed by atoms with Crippen molar-refractivity contribution in [1.29, 1.82) is 0 Å². The normalized spacial score (nSPS) is 12.2. The third-order valence-electron chi connectivity index (χ3n) is 2.07. The molecule has 0 aliphatic rings. The summed E-state index contributed by atoms with van der Waals surface area (Å²) in [5.74, 6) is 1.67. The van der Waals surface area contributed by atoms with Crippen LogP contribution in [0.5, 0.6) is 5.75 Å². The molecule has 0 saturated carbocycles. The maximum atomic E-state index is 5.46. The molecule has 0 bridgehead atoms. The Balaban J connectivity index is 2.73. The molecule has 1 unspecified atom stereocenters. The van der Waals surface area contributed by atoms with Gasteiger partial charge >= 0.3 is 0 Å². The fourth-order valence-corrected chi connectivity index (χ4v) is 1.11. The lowest BCUT2D eigenvalue weighted by Gasteiger charge is -2.15. The number of nitrogens with one attached hydrogen (secondary N) is 1. The van der Waals surface area contributed by atoms with Crippen LogP contribution < -0.4 is 10.1 Å². The summed E-state index contributed by atoms with van der Waals surface area (Å²) >= 11 is 0. The quantitative estimate of drug-likeness (QED) is 0.782. The van der Waals surface area contributed by atoms with Gasteiger partial charge in [0, 0.05) is 12.2 Å². The number of hydrogen-bond donors (Lipinski definition) is 1. The topological polar surface area (TPSA) is 34.1 Å². The number of ether oxygens (including phenoxy) is 1. The highest BCUT2D eigenvalue weighted by Crippen LogP contribution is 2.21. The Bertz CT molecular complexity index is 276. The smallest absolute Gasteiger partial charge is 0.168 e. The second kappa shape index (κ2) is 5.47. The minimum absolute atomic E-state index is 0.420. The van der Waals surface area contributed by atoms with E-state index in [4.69, 9.17) is 4.74 Å². The zero-order valence-corrected chi connectivity index (χ0v) is 9.08. The molecule has 1 aromatic rings. The van der Waals surface area contributed by atoms with Crippen molar-refractivity contribution in [3.8, 4) is 5.75 Å². The van der Waals surface area contributed by atoms with Crippen LogP contribution in [0.1, 0.15) is 27.2 Å². The van der Waals surface area contributed by atoms with E-state index in [1.54, 1.807) is 6.20 Å². The van der Waals surface area contributed by atoms with E-state index in [0.717, 1.165) is 18.0 Å². The molecule has 1 rings (SSSR count). The number of pyridine rings is 1. The summed E-state index contributed by atoms with van der Waals surface area (Å²) in [5.41, 5.74) is 0. The maximum Gasteiger partial charge on any atom is 0.168 e. The van der Waals surface area contributed by atoms with E-state index in [-0.39, 0.29) is 0 Å². The second-order valence-electron chi connectivity index (χ2n) is 3.24. The first-order chi connectivity index (χ1) is 6.77. The Morgan fingerprint density at radius 2 is 2.29 bits per heavy atom. The summed E-state index contributed by atoms with van der Waals surface area (Å²) < 4.78 is 5.46. The first-order valence-electron chi connectivity index (χ1n) is 5.12. The predicted molar refractivity (Wildman–Crippen MR) is 58.8 cm³/mol. The van der Waals surface area contributed by atoms with Gasteiger partial charge in [-0.3, -0.25) is 0 Å². The molecule has 0 aliphatic carbocycles. The lowest BCUT2D eigenvalue weighted by molar-refractivity contribution is 0.340. The standard InChI is InChI=1S/C11H18N2O/c1-4-9(3)13-11-10(14-5-2)7-6-8-12-11/h6-9H,4-5H2,1-3H3,(H,12,13). The van der Waals surface area contributed by atoms with Gasteiger partial charge in [0.2, 0.25) is 0 Å². The molecule has 1 aromatic heterocycles. The van der Waals surface area contributed by atoms with E-state index < -0.39 is 0 Å². The van der Waals surface area contributed by atoms with Gasteiger partial charge in [-0.15, -0.1) is 0 Å². The molecule has 3 nitrogen and oxygen atoms in total. The van der Waals surface area contributed by atoms with Crippen molar-refractivity contribution in [1.82, 2.24) is 4.98 Å². The Hall–Kier alpha value is -1.25. The van der Waals surface area contributed by atoms with Gasteiger partial charge in [0.05, 0.1) is 6.61 Å². The second-order valence-corrected chi connectivity index (χ2v) is 3.24. The van der Waals surface area contributed by atoms with Crippen LogP contribution in [0.15, 0.2) is 18.3 Å². The largest absolute Gasteiger partial charge is 0.490 e. The number of anilines is 1. The number of nitrogens with zero attached hydrogens (tertiary/aromatic N) is 1.